The van der Waals surface area contributed by atoms with Gasteiger partial charge in [-0.15, -0.1) is 0 Å². The molecule has 4 aliphatic rings. The van der Waals surface area contributed by atoms with E-state index in [1.54, 1.807) is 97.8 Å². The number of piperidine rings is 1. The van der Waals surface area contributed by atoms with Crippen LogP contribution in [0.4, 0.5) is 23.6 Å². The number of nitrogens with zero attached hydrogens (tertiary/aromatic N) is 3. The molecule has 8 atom stereocenters. The first kappa shape index (κ1) is 111. The van der Waals surface area contributed by atoms with Crippen LogP contribution in [-0.2, 0) is 115 Å². The number of halogens is 1. The van der Waals surface area contributed by atoms with Gasteiger partial charge in [0.1, 0.15) is 45.6 Å². The average Bonchev–Trinajstić information content (AvgIpc) is 0.790. The summed E-state index contributed by atoms with van der Waals surface area (Å²) in [5, 5.41) is 26.3. The molecule has 0 aromatic heterocycles. The molecule has 1 saturated heterocycles. The SMILES string of the molecule is CC(C)C[C@H](CC(=O)[C@@H]1Cc2ccccc2CN1C(=O)[C@H](C)Cc1ccccc1)C(=O)N[C@H](CCCCNC(=O)OC(C)(C)C)C(=O)O.COC(=O)C1(NC(=O)OC(C)(C)C)CCCCC1.COC(=O)C1(NC(=O)OC(C)(C)C)CCN(C(=O)[C@@H](CCCCNC(=O)OC(C)(C)C)NC(=O)[C@@H](CC(=O)[C@@H]2Cc3ccccc3CN2C(=O)[C@H](C)Cc2ccccc2)CC(C)C)CC1.[2H]CF. The molecule has 1 saturated carbocycles. The molecule has 31 heteroatoms. The van der Waals surface area contributed by atoms with Crippen LogP contribution in [0.25, 0.3) is 0 Å². The van der Waals surface area contributed by atoms with E-state index in [0.717, 1.165) is 52.6 Å². The molecular weight excluding hydrogens is 1710 g/mol. The number of hydrogen-bond donors (Lipinski definition) is 7. The summed E-state index contributed by atoms with van der Waals surface area (Å²) in [5.74, 6) is -6.35. The molecule has 8 rings (SSSR count). The maximum atomic E-state index is 14.6. The van der Waals surface area contributed by atoms with Gasteiger partial charge in [0.05, 0.1) is 34.8 Å². The Bertz CT molecular complexity index is 4490. The van der Waals surface area contributed by atoms with Crippen molar-refractivity contribution >= 4 is 83.4 Å². The number of Topliss-reactive ketones (excluding diaryl/α,β-unsaturated/α-hetero) is 2. The molecule has 1 aliphatic carbocycles. The highest BCUT2D eigenvalue weighted by Crippen LogP contribution is 2.35. The van der Waals surface area contributed by atoms with E-state index in [2.05, 4.69) is 31.9 Å². The number of ether oxygens (including phenoxy) is 6. The smallest absolute Gasteiger partial charge is 0.408 e. The fourth-order valence-electron chi connectivity index (χ4n) is 16.9. The molecule has 9 amide bonds. The van der Waals surface area contributed by atoms with Crippen LogP contribution in [0.3, 0.4) is 0 Å². The van der Waals surface area contributed by atoms with Crippen molar-refractivity contribution in [2.75, 3.05) is 47.6 Å². The summed E-state index contributed by atoms with van der Waals surface area (Å²) in [6.07, 6.45) is 6.30. The van der Waals surface area contributed by atoms with E-state index in [4.69, 9.17) is 29.8 Å². The molecule has 4 aromatic rings. The normalized spacial score (nSPS) is 17.1. The number of carbonyl (C=O) groups excluding carboxylic acids is 13. The molecule has 3 aliphatic heterocycles. The number of fused-ring (bicyclic) bond motifs is 2. The summed E-state index contributed by atoms with van der Waals surface area (Å²) in [4.78, 5) is 190. The Balaban J connectivity index is 0.000000400. The zero-order valence-corrected chi connectivity index (χ0v) is 82.3. The summed E-state index contributed by atoms with van der Waals surface area (Å²) in [7, 11) is 1.57. The van der Waals surface area contributed by atoms with Gasteiger partial charge in [-0.2, -0.15) is 0 Å². The standard InChI is InChI=1S/C50H73N5O10.C38H53N3O7.C13H23NO4.CH3F/c1-33(2)28-38(31-41(56)40-30-36-20-14-15-21-37(36)32-55(40)43(58)34(3)29-35-18-12-11-13-19-35)42(57)52-39(22-16-17-25-51-46(61)64-48(4,5)6)44(59)54-26-23-50(24-27-54,45(60)63-10)53-47(62)65-49(7,8)9;1-25(2)20-30(34(43)40-31(36(45)46)18-12-13-19-39-37(47)48-38(4,5)6)23-33(42)32-22-28-16-10-11-17-29(28)24-41(32)35(44)26(3)21-27-14-8-7-9-15-27;1-12(2,3)18-11(16)14-13(10(15)17-4)8-6-5-7-9-13;1-2/h11-15,18-21,33-34,38-40H,16-17,22-32H2,1-10H3,(H,51,61)(H,52,57)(H,53,62);7-11,14-17,25-26,30-32H,12-13,18-24H2,1-6H3,(H,39,47)(H,40,43)(H,45,46);5-9H2,1-4H3,(H,14,16);1H3/t34-,38-,39-,40+;26-,30-,31-,32+;;/m11../s1/i;;;1D. The summed E-state index contributed by atoms with van der Waals surface area (Å²) in [6, 6.07) is 31.5. The summed E-state index contributed by atoms with van der Waals surface area (Å²) in [6.45, 7) is 34.0. The number of carboxylic acids is 1. The maximum Gasteiger partial charge on any atom is 0.408 e. The lowest BCUT2D eigenvalue weighted by Crippen LogP contribution is -2.63. The molecule has 30 nitrogen and oxygen atoms in total. The van der Waals surface area contributed by atoms with E-state index in [0.29, 0.717) is 90.1 Å². The number of nitrogens with one attached hydrogen (secondary N) is 6. The molecule has 3 heterocycles. The number of unbranched alkanes of at least 4 members (excludes halogenated alkanes) is 2. The van der Waals surface area contributed by atoms with E-state index in [9.17, 15) is 76.6 Å². The largest absolute Gasteiger partial charge is 0.480 e. The molecule has 738 valence electrons. The zero-order valence-electron chi connectivity index (χ0n) is 83.3. The fraction of sp³-hybridized carbons (Fsp3) is 0.627. The van der Waals surface area contributed by atoms with E-state index in [1.165, 1.54) is 14.2 Å². The number of esters is 2. The van der Waals surface area contributed by atoms with E-state index >= 15 is 0 Å². The number of methoxy groups -OCH3 is 2. The van der Waals surface area contributed by atoms with Crippen LogP contribution in [0.15, 0.2) is 109 Å². The average molecular weight is 1860 g/mol. The minimum atomic E-state index is -1.43. The van der Waals surface area contributed by atoms with Crippen LogP contribution in [0.1, 0.15) is 269 Å². The van der Waals surface area contributed by atoms with Crippen LogP contribution in [0.2, 0.25) is 0 Å². The number of carboxylic acid groups (broad SMARTS) is 1. The van der Waals surface area contributed by atoms with Crippen molar-refractivity contribution in [3.8, 4) is 0 Å². The first-order valence-electron chi connectivity index (χ1n) is 47.5. The summed E-state index contributed by atoms with van der Waals surface area (Å²) in [5.41, 5.74) is 1.03. The molecular formula is C102H152FN9O21. The number of alkyl halides is 1. The van der Waals surface area contributed by atoms with Gasteiger partial charge in [-0.05, 0) is 218 Å². The van der Waals surface area contributed by atoms with Crippen molar-refractivity contribution in [1.82, 2.24) is 46.6 Å². The lowest BCUT2D eigenvalue weighted by Gasteiger charge is -2.41. The first-order valence-corrected chi connectivity index (χ1v) is 46.8. The molecule has 2 fully saturated rings. The first-order chi connectivity index (χ1) is 62.8. The minimum absolute atomic E-state index is 0.0216. The monoisotopic (exact) mass is 1860 g/mol. The Labute approximate surface area is 788 Å². The number of likely N-dealkylation sites (tertiary alicyclic amines) is 1. The number of hydrogen-bond acceptors (Lipinski definition) is 20. The number of alkyl carbamates (subject to hydrolysis) is 4. The van der Waals surface area contributed by atoms with E-state index < -0.39 is 125 Å². The topological polar surface area (TPSA) is 396 Å². The Kier molecular flexibility index (Phi) is 44.3. The van der Waals surface area contributed by atoms with Crippen molar-refractivity contribution in [3.63, 3.8) is 0 Å². The van der Waals surface area contributed by atoms with Crippen LogP contribution < -0.4 is 31.9 Å². The second-order valence-electron chi connectivity index (χ2n) is 40.2. The predicted molar refractivity (Wildman–Crippen MR) is 505 cm³/mol. The van der Waals surface area contributed by atoms with Gasteiger partial charge in [0, 0.05) is 88.6 Å². The van der Waals surface area contributed by atoms with Crippen molar-refractivity contribution in [2.45, 2.75) is 330 Å². The van der Waals surface area contributed by atoms with Gasteiger partial charge in [-0.1, -0.05) is 170 Å². The summed E-state index contributed by atoms with van der Waals surface area (Å²) >= 11 is 0. The van der Waals surface area contributed by atoms with Crippen LogP contribution in [0.5, 0.6) is 0 Å². The van der Waals surface area contributed by atoms with Crippen LogP contribution >= 0.6 is 0 Å². The molecule has 0 spiro atoms. The van der Waals surface area contributed by atoms with Gasteiger partial charge in [0.25, 0.3) is 0 Å². The third kappa shape index (κ3) is 38.5. The second kappa shape index (κ2) is 53.2. The number of carbonyl (C=O) groups is 14. The van der Waals surface area contributed by atoms with Gasteiger partial charge in [-0.3, -0.25) is 38.0 Å². The Morgan fingerprint density at radius 3 is 1.13 bits per heavy atom. The highest BCUT2D eigenvalue weighted by atomic mass is 19.1. The number of benzene rings is 4. The number of amides is 9. The third-order valence-corrected chi connectivity index (χ3v) is 23.2. The van der Waals surface area contributed by atoms with Crippen molar-refractivity contribution in [3.05, 3.63) is 143 Å². The number of aliphatic carboxylic acids is 1. The van der Waals surface area contributed by atoms with Crippen LogP contribution in [0, 0.1) is 35.5 Å². The van der Waals surface area contributed by atoms with Crippen molar-refractivity contribution in [1.29, 1.82) is 0 Å². The molecule has 0 unspecified atom stereocenters. The van der Waals surface area contributed by atoms with Gasteiger partial charge in [0.2, 0.25) is 29.5 Å². The Morgan fingerprint density at radius 2 is 0.782 bits per heavy atom. The quantitative estimate of drug-likeness (QED) is 0.0126. The van der Waals surface area contributed by atoms with Crippen LogP contribution in [-0.4, -0.2) is 208 Å². The third-order valence-electron chi connectivity index (χ3n) is 23.2. The van der Waals surface area contributed by atoms with Gasteiger partial charge >= 0.3 is 42.3 Å². The minimum Gasteiger partial charge on any atom is -0.480 e. The van der Waals surface area contributed by atoms with Crippen molar-refractivity contribution < 1.29 is 106 Å². The highest BCUT2D eigenvalue weighted by molar-refractivity contribution is 5.97. The zero-order chi connectivity index (χ0) is 100. The van der Waals surface area contributed by atoms with E-state index in [-0.39, 0.29) is 124 Å². The summed E-state index contributed by atoms with van der Waals surface area (Å²) < 4.78 is 46.6. The number of ketones is 2. The fourth-order valence-corrected chi connectivity index (χ4v) is 16.9. The van der Waals surface area contributed by atoms with Gasteiger partial charge < -0.3 is 80.1 Å². The molecule has 4 aromatic carbocycles. The number of rotatable bonds is 36. The molecule has 0 bridgehead atoms. The van der Waals surface area contributed by atoms with Gasteiger partial charge in [0.15, 0.2) is 11.6 Å². The molecule has 133 heavy (non-hydrogen) atoms. The Hall–Kier alpha value is -11.0. The predicted octanol–water partition coefficient (Wildman–Crippen LogP) is 15.4. The lowest BCUT2D eigenvalue weighted by atomic mass is 9.82. The lowest BCUT2D eigenvalue weighted by molar-refractivity contribution is -0.153. The molecule has 7 N–H and O–H groups in total. The van der Waals surface area contributed by atoms with Crippen molar-refractivity contribution in [2.24, 2.45) is 35.5 Å². The maximum absolute atomic E-state index is 14.6. The highest BCUT2D eigenvalue weighted by Gasteiger charge is 2.48. The second-order valence-corrected chi connectivity index (χ2v) is 40.2. The molecule has 0 radical (unpaired) electrons. The Morgan fingerprint density at radius 1 is 0.451 bits per heavy atom. The van der Waals surface area contributed by atoms with E-state index in [1.807, 2.05) is 151 Å². The van der Waals surface area contributed by atoms with Gasteiger partial charge in [-0.25, -0.2) is 33.6 Å².